The van der Waals surface area contributed by atoms with Gasteiger partial charge in [0.2, 0.25) is 11.8 Å². The molecule has 0 N–H and O–H groups in total. The van der Waals surface area contributed by atoms with Crippen LogP contribution in [0.25, 0.3) is 0 Å². The molecule has 0 saturated heterocycles. The Balaban J connectivity index is 2.14. The van der Waals surface area contributed by atoms with Crippen LogP contribution >= 0.6 is 11.6 Å². The monoisotopic (exact) mass is 358 g/mol. The van der Waals surface area contributed by atoms with Crippen molar-refractivity contribution in [3.05, 3.63) is 59.1 Å². The Labute approximate surface area is 154 Å². The molecular weight excluding hydrogens is 336 g/mol. The molecule has 2 rings (SSSR count). The second-order valence-corrected chi connectivity index (χ2v) is 6.19. The van der Waals surface area contributed by atoms with E-state index in [1.807, 2.05) is 56.3 Å². The predicted octanol–water partition coefficient (Wildman–Crippen LogP) is 4.44. The molecule has 2 aromatic carbocycles. The van der Waals surface area contributed by atoms with Crippen molar-refractivity contribution in [2.24, 2.45) is 0 Å². The minimum Gasteiger partial charge on any atom is -0.313 e. The fourth-order valence-corrected chi connectivity index (χ4v) is 2.96. The lowest BCUT2D eigenvalue weighted by molar-refractivity contribution is -0.118. The second-order valence-electron chi connectivity index (χ2n) is 5.78. The maximum absolute atomic E-state index is 12.6. The highest BCUT2D eigenvalue weighted by Crippen LogP contribution is 2.27. The summed E-state index contributed by atoms with van der Waals surface area (Å²) in [6.07, 6.45) is 0.244. The van der Waals surface area contributed by atoms with Crippen LogP contribution < -0.4 is 9.80 Å². The standard InChI is InChI=1S/C20H23ClN2O2/c1-4-22(17-9-6-5-7-10-17)20(25)13-14-23(16(3)24)19-12-8-11-18(21)15(19)2/h5-12H,4,13-14H2,1-3H3. The largest absolute Gasteiger partial charge is 0.313 e. The summed E-state index contributed by atoms with van der Waals surface area (Å²) in [5, 5.41) is 0.606. The van der Waals surface area contributed by atoms with Crippen LogP contribution in [0.1, 0.15) is 25.8 Å². The topological polar surface area (TPSA) is 40.6 Å². The molecule has 2 aromatic rings. The van der Waals surface area contributed by atoms with Gasteiger partial charge in [0, 0.05) is 42.8 Å². The van der Waals surface area contributed by atoms with E-state index in [4.69, 9.17) is 11.6 Å². The van der Waals surface area contributed by atoms with Gasteiger partial charge in [-0.05, 0) is 43.7 Å². The van der Waals surface area contributed by atoms with Crippen molar-refractivity contribution < 1.29 is 9.59 Å². The molecular formula is C20H23ClN2O2. The van der Waals surface area contributed by atoms with Crippen LogP contribution in [0.15, 0.2) is 48.5 Å². The van der Waals surface area contributed by atoms with Gasteiger partial charge in [0.1, 0.15) is 0 Å². The van der Waals surface area contributed by atoms with Crippen molar-refractivity contribution >= 4 is 34.8 Å². The number of halogens is 1. The number of carbonyl (C=O) groups is 2. The molecule has 0 atom stereocenters. The van der Waals surface area contributed by atoms with Crippen LogP contribution in [-0.2, 0) is 9.59 Å². The number of anilines is 2. The number of hydrogen-bond donors (Lipinski definition) is 0. The van der Waals surface area contributed by atoms with Crippen molar-refractivity contribution in [1.82, 2.24) is 0 Å². The van der Waals surface area contributed by atoms with E-state index in [-0.39, 0.29) is 18.2 Å². The maximum atomic E-state index is 12.6. The van der Waals surface area contributed by atoms with E-state index in [2.05, 4.69) is 0 Å². The van der Waals surface area contributed by atoms with Gasteiger partial charge >= 0.3 is 0 Å². The van der Waals surface area contributed by atoms with Crippen molar-refractivity contribution in [2.45, 2.75) is 27.2 Å². The zero-order valence-corrected chi connectivity index (χ0v) is 15.6. The Hall–Kier alpha value is -2.33. The molecule has 4 nitrogen and oxygen atoms in total. The molecule has 5 heteroatoms. The van der Waals surface area contributed by atoms with E-state index >= 15 is 0 Å². The third kappa shape index (κ3) is 4.60. The Morgan fingerprint density at radius 1 is 1.00 bits per heavy atom. The van der Waals surface area contributed by atoms with Gasteiger partial charge in [-0.25, -0.2) is 0 Å². The Morgan fingerprint density at radius 3 is 2.28 bits per heavy atom. The molecule has 0 saturated carbocycles. The molecule has 0 bridgehead atoms. The normalized spacial score (nSPS) is 10.4. The Kier molecular flexibility index (Phi) is 6.59. The second kappa shape index (κ2) is 8.67. The number of rotatable bonds is 6. The molecule has 132 valence electrons. The third-order valence-electron chi connectivity index (χ3n) is 4.14. The molecule has 0 aromatic heterocycles. The van der Waals surface area contributed by atoms with Crippen LogP contribution in [0.5, 0.6) is 0 Å². The fraction of sp³-hybridized carbons (Fsp3) is 0.300. The summed E-state index contributed by atoms with van der Waals surface area (Å²) in [7, 11) is 0. The van der Waals surface area contributed by atoms with Gasteiger partial charge in [-0.15, -0.1) is 0 Å². The van der Waals surface area contributed by atoms with Gasteiger partial charge < -0.3 is 9.80 Å². The maximum Gasteiger partial charge on any atom is 0.228 e. The minimum atomic E-state index is -0.110. The average Bonchev–Trinajstić information content (AvgIpc) is 2.60. The summed E-state index contributed by atoms with van der Waals surface area (Å²) in [6, 6.07) is 15.0. The van der Waals surface area contributed by atoms with Crippen molar-refractivity contribution in [2.75, 3.05) is 22.9 Å². The first-order valence-corrected chi connectivity index (χ1v) is 8.72. The smallest absolute Gasteiger partial charge is 0.228 e. The van der Waals surface area contributed by atoms with Crippen molar-refractivity contribution in [3.63, 3.8) is 0 Å². The van der Waals surface area contributed by atoms with Gasteiger partial charge in [0.15, 0.2) is 0 Å². The third-order valence-corrected chi connectivity index (χ3v) is 4.55. The van der Waals surface area contributed by atoms with Gasteiger partial charge in [0.25, 0.3) is 0 Å². The molecule has 0 aliphatic carbocycles. The number of amides is 2. The van der Waals surface area contributed by atoms with E-state index in [1.54, 1.807) is 15.9 Å². The summed E-state index contributed by atoms with van der Waals surface area (Å²) < 4.78 is 0. The SMILES string of the molecule is CCN(C(=O)CCN(C(C)=O)c1cccc(Cl)c1C)c1ccccc1. The van der Waals surface area contributed by atoms with E-state index in [0.29, 0.717) is 18.1 Å². The van der Waals surface area contributed by atoms with Gasteiger partial charge in [-0.2, -0.15) is 0 Å². The zero-order valence-electron chi connectivity index (χ0n) is 14.8. The van der Waals surface area contributed by atoms with Crippen LogP contribution in [0.3, 0.4) is 0 Å². The van der Waals surface area contributed by atoms with Crippen LogP contribution in [0, 0.1) is 6.92 Å². The lowest BCUT2D eigenvalue weighted by atomic mass is 10.1. The zero-order chi connectivity index (χ0) is 18.4. The highest BCUT2D eigenvalue weighted by molar-refractivity contribution is 6.31. The Morgan fingerprint density at radius 2 is 1.68 bits per heavy atom. The summed E-state index contributed by atoms with van der Waals surface area (Å²) >= 11 is 6.17. The first-order valence-electron chi connectivity index (χ1n) is 8.34. The number of hydrogen-bond acceptors (Lipinski definition) is 2. The number of benzene rings is 2. The lowest BCUT2D eigenvalue weighted by Crippen LogP contribution is -2.36. The van der Waals surface area contributed by atoms with Crippen LogP contribution in [0.4, 0.5) is 11.4 Å². The van der Waals surface area contributed by atoms with E-state index in [9.17, 15) is 9.59 Å². The molecule has 0 heterocycles. The lowest BCUT2D eigenvalue weighted by Gasteiger charge is -2.26. The molecule has 0 spiro atoms. The molecule has 0 radical (unpaired) electrons. The van der Waals surface area contributed by atoms with Gasteiger partial charge in [-0.3, -0.25) is 9.59 Å². The highest BCUT2D eigenvalue weighted by Gasteiger charge is 2.19. The number of para-hydroxylation sites is 1. The van der Waals surface area contributed by atoms with E-state index < -0.39 is 0 Å². The summed E-state index contributed by atoms with van der Waals surface area (Å²) in [5.41, 5.74) is 2.45. The number of carbonyl (C=O) groups excluding carboxylic acids is 2. The van der Waals surface area contributed by atoms with Gasteiger partial charge in [0.05, 0.1) is 0 Å². The molecule has 0 aliphatic rings. The first-order chi connectivity index (χ1) is 12.0. The van der Waals surface area contributed by atoms with Crippen LogP contribution in [0.2, 0.25) is 5.02 Å². The Bertz CT molecular complexity index is 747. The minimum absolute atomic E-state index is 0.0142. The van der Waals surface area contributed by atoms with Crippen molar-refractivity contribution in [3.8, 4) is 0 Å². The summed E-state index contributed by atoms with van der Waals surface area (Å²) in [6.45, 7) is 6.21. The summed E-state index contributed by atoms with van der Waals surface area (Å²) in [4.78, 5) is 28.1. The van der Waals surface area contributed by atoms with Gasteiger partial charge in [-0.1, -0.05) is 35.9 Å². The summed E-state index contributed by atoms with van der Waals surface area (Å²) in [5.74, 6) is -0.124. The molecule has 0 fully saturated rings. The molecule has 2 amide bonds. The fourth-order valence-electron chi connectivity index (χ4n) is 2.79. The predicted molar refractivity (Wildman–Crippen MR) is 103 cm³/mol. The quantitative estimate of drug-likeness (QED) is 0.765. The van der Waals surface area contributed by atoms with E-state index in [0.717, 1.165) is 16.9 Å². The van der Waals surface area contributed by atoms with E-state index in [1.165, 1.54) is 6.92 Å². The van der Waals surface area contributed by atoms with Crippen molar-refractivity contribution in [1.29, 1.82) is 0 Å². The molecule has 0 aliphatic heterocycles. The number of nitrogens with zero attached hydrogens (tertiary/aromatic N) is 2. The molecule has 25 heavy (non-hydrogen) atoms. The molecule has 0 unspecified atom stereocenters. The first kappa shape index (κ1) is 19.0. The average molecular weight is 359 g/mol. The highest BCUT2D eigenvalue weighted by atomic mass is 35.5. The van der Waals surface area contributed by atoms with Crippen LogP contribution in [-0.4, -0.2) is 24.9 Å².